The van der Waals surface area contributed by atoms with Crippen LogP contribution in [-0.4, -0.2) is 41.3 Å². The Hall–Kier alpha value is -4.17. The largest absolute Gasteiger partial charge is 0.484 e. The molecule has 172 valence electrons. The zero-order valence-corrected chi connectivity index (χ0v) is 18.6. The standard InChI is InChI=1S/C25H20ClN3O5/c26-18-11-13-20(14-12-18)34-16-22(30)27-29(24(32)17-7-3-1-4-8-17)21-15-23(31)28(25(21)33)19-9-5-2-6-10-19/h1-14,21H,15-16H2,(H,27,30). The summed E-state index contributed by atoms with van der Waals surface area (Å²) in [5.41, 5.74) is 3.10. The van der Waals surface area contributed by atoms with Gasteiger partial charge in [0.25, 0.3) is 17.7 Å². The van der Waals surface area contributed by atoms with Crippen molar-refractivity contribution in [3.8, 4) is 5.75 Å². The van der Waals surface area contributed by atoms with Gasteiger partial charge in [0, 0.05) is 10.6 Å². The Morgan fingerprint density at radius 1 is 0.941 bits per heavy atom. The number of carbonyl (C=O) groups excluding carboxylic acids is 4. The van der Waals surface area contributed by atoms with Crippen LogP contribution >= 0.6 is 11.6 Å². The lowest BCUT2D eigenvalue weighted by molar-refractivity contribution is -0.130. The zero-order chi connectivity index (χ0) is 24.1. The number of halogens is 1. The van der Waals surface area contributed by atoms with E-state index in [-0.39, 0.29) is 12.0 Å². The van der Waals surface area contributed by atoms with Crippen LogP contribution in [0.2, 0.25) is 5.02 Å². The lowest BCUT2D eigenvalue weighted by Gasteiger charge is -2.28. The monoisotopic (exact) mass is 477 g/mol. The Bertz CT molecular complexity index is 1200. The summed E-state index contributed by atoms with van der Waals surface area (Å²) in [5, 5.41) is 1.43. The number of hydrogen-bond donors (Lipinski definition) is 1. The Kier molecular flexibility index (Phi) is 6.89. The van der Waals surface area contributed by atoms with Gasteiger partial charge in [-0.05, 0) is 48.5 Å². The Morgan fingerprint density at radius 2 is 1.56 bits per heavy atom. The molecule has 3 aromatic rings. The van der Waals surface area contributed by atoms with Gasteiger partial charge in [-0.3, -0.25) is 24.6 Å². The molecule has 0 spiro atoms. The highest BCUT2D eigenvalue weighted by atomic mass is 35.5. The molecule has 1 aliphatic rings. The molecule has 9 heteroatoms. The summed E-state index contributed by atoms with van der Waals surface area (Å²) < 4.78 is 5.44. The molecule has 1 fully saturated rings. The molecular weight excluding hydrogens is 458 g/mol. The Labute approximate surface area is 200 Å². The van der Waals surface area contributed by atoms with Crippen molar-refractivity contribution in [2.75, 3.05) is 11.5 Å². The second-order valence-electron chi connectivity index (χ2n) is 7.44. The maximum atomic E-state index is 13.2. The molecule has 3 aromatic carbocycles. The summed E-state index contributed by atoms with van der Waals surface area (Å²) in [6, 6.07) is 21.8. The lowest BCUT2D eigenvalue weighted by atomic mass is 10.1. The predicted molar refractivity (Wildman–Crippen MR) is 125 cm³/mol. The average Bonchev–Trinajstić information content (AvgIpc) is 3.16. The second kappa shape index (κ2) is 10.2. The van der Waals surface area contributed by atoms with Gasteiger partial charge in [-0.2, -0.15) is 0 Å². The van der Waals surface area contributed by atoms with E-state index in [0.717, 1.165) is 9.91 Å². The Morgan fingerprint density at radius 3 is 2.21 bits per heavy atom. The maximum absolute atomic E-state index is 13.2. The smallest absolute Gasteiger partial charge is 0.276 e. The van der Waals surface area contributed by atoms with Crippen molar-refractivity contribution in [2.24, 2.45) is 0 Å². The number of carbonyl (C=O) groups is 4. The van der Waals surface area contributed by atoms with Gasteiger partial charge in [0.15, 0.2) is 6.61 Å². The summed E-state index contributed by atoms with van der Waals surface area (Å²) >= 11 is 5.85. The third kappa shape index (κ3) is 5.07. The van der Waals surface area contributed by atoms with Crippen LogP contribution in [0.15, 0.2) is 84.9 Å². The van der Waals surface area contributed by atoms with Gasteiger partial charge in [0.2, 0.25) is 5.91 Å². The van der Waals surface area contributed by atoms with E-state index in [4.69, 9.17) is 16.3 Å². The van der Waals surface area contributed by atoms with E-state index in [9.17, 15) is 19.2 Å². The van der Waals surface area contributed by atoms with Crippen LogP contribution in [0.3, 0.4) is 0 Å². The van der Waals surface area contributed by atoms with E-state index >= 15 is 0 Å². The van der Waals surface area contributed by atoms with Gasteiger partial charge in [0.1, 0.15) is 11.8 Å². The highest BCUT2D eigenvalue weighted by Gasteiger charge is 2.45. The highest BCUT2D eigenvalue weighted by molar-refractivity contribution is 6.30. The number of rotatable bonds is 6. The van der Waals surface area contributed by atoms with Crippen LogP contribution < -0.4 is 15.1 Å². The molecule has 4 rings (SSSR count). The molecule has 1 aliphatic heterocycles. The third-order valence-corrected chi connectivity index (χ3v) is 5.37. The normalized spacial score (nSPS) is 15.2. The fourth-order valence-electron chi connectivity index (χ4n) is 3.50. The number of para-hydroxylation sites is 1. The van der Waals surface area contributed by atoms with Gasteiger partial charge in [-0.25, -0.2) is 9.91 Å². The minimum absolute atomic E-state index is 0.250. The number of amides is 4. The van der Waals surface area contributed by atoms with Crippen LogP contribution in [-0.2, 0) is 14.4 Å². The van der Waals surface area contributed by atoms with E-state index in [1.54, 1.807) is 84.9 Å². The molecule has 8 nitrogen and oxygen atoms in total. The SMILES string of the molecule is O=C(COc1ccc(Cl)cc1)NN(C(=O)c1ccccc1)C1CC(=O)N(c2ccccc2)C1=O. The summed E-state index contributed by atoms with van der Waals surface area (Å²) in [6.07, 6.45) is -0.273. The van der Waals surface area contributed by atoms with Crippen molar-refractivity contribution in [3.63, 3.8) is 0 Å². The molecule has 0 saturated carbocycles. The molecule has 0 aromatic heterocycles. The fraction of sp³-hybridized carbons (Fsp3) is 0.120. The number of hydrogen-bond acceptors (Lipinski definition) is 5. The van der Waals surface area contributed by atoms with E-state index < -0.39 is 36.3 Å². The minimum atomic E-state index is -1.21. The van der Waals surface area contributed by atoms with Gasteiger partial charge in [-0.15, -0.1) is 0 Å². The van der Waals surface area contributed by atoms with Gasteiger partial charge in [0.05, 0.1) is 12.1 Å². The number of imide groups is 1. The van der Waals surface area contributed by atoms with Crippen LogP contribution in [0.1, 0.15) is 16.8 Å². The summed E-state index contributed by atoms with van der Waals surface area (Å²) in [4.78, 5) is 52.8. The van der Waals surface area contributed by atoms with E-state index in [0.29, 0.717) is 16.5 Å². The van der Waals surface area contributed by atoms with Crippen molar-refractivity contribution < 1.29 is 23.9 Å². The van der Waals surface area contributed by atoms with Crippen molar-refractivity contribution in [1.29, 1.82) is 0 Å². The first kappa shape index (κ1) is 23.0. The van der Waals surface area contributed by atoms with E-state index in [1.807, 2.05) is 0 Å². The molecule has 1 N–H and O–H groups in total. The first-order valence-corrected chi connectivity index (χ1v) is 10.8. The quantitative estimate of drug-likeness (QED) is 0.434. The maximum Gasteiger partial charge on any atom is 0.276 e. The molecule has 1 heterocycles. The van der Waals surface area contributed by atoms with Crippen LogP contribution in [0.4, 0.5) is 5.69 Å². The van der Waals surface area contributed by atoms with Gasteiger partial charge >= 0.3 is 0 Å². The highest BCUT2D eigenvalue weighted by Crippen LogP contribution is 2.26. The first-order valence-electron chi connectivity index (χ1n) is 10.4. The number of nitrogens with zero attached hydrogens (tertiary/aromatic N) is 2. The second-order valence-corrected chi connectivity index (χ2v) is 7.88. The van der Waals surface area contributed by atoms with E-state index in [2.05, 4.69) is 5.43 Å². The summed E-state index contributed by atoms with van der Waals surface area (Å²) in [7, 11) is 0. The lowest BCUT2D eigenvalue weighted by Crippen LogP contribution is -2.55. The van der Waals surface area contributed by atoms with Crippen LogP contribution in [0.25, 0.3) is 0 Å². The molecule has 4 amide bonds. The zero-order valence-electron chi connectivity index (χ0n) is 17.9. The number of anilines is 1. The fourth-order valence-corrected chi connectivity index (χ4v) is 3.63. The number of ether oxygens (including phenoxy) is 1. The average molecular weight is 478 g/mol. The van der Waals surface area contributed by atoms with Crippen LogP contribution in [0.5, 0.6) is 5.75 Å². The molecule has 1 unspecified atom stereocenters. The summed E-state index contributed by atoms with van der Waals surface area (Å²) in [6.45, 7) is -0.419. The van der Waals surface area contributed by atoms with Crippen molar-refractivity contribution >= 4 is 40.9 Å². The minimum Gasteiger partial charge on any atom is -0.484 e. The molecule has 1 atom stereocenters. The predicted octanol–water partition coefficient (Wildman–Crippen LogP) is 3.22. The third-order valence-electron chi connectivity index (χ3n) is 5.12. The number of nitrogens with one attached hydrogen (secondary N) is 1. The number of benzene rings is 3. The van der Waals surface area contributed by atoms with Crippen molar-refractivity contribution in [3.05, 3.63) is 95.5 Å². The molecule has 0 bridgehead atoms. The number of hydrazine groups is 1. The summed E-state index contributed by atoms with van der Waals surface area (Å²) in [5.74, 6) is -1.97. The van der Waals surface area contributed by atoms with Gasteiger partial charge < -0.3 is 4.74 Å². The Balaban J connectivity index is 1.55. The molecule has 0 radical (unpaired) electrons. The topological polar surface area (TPSA) is 96.0 Å². The first-order chi connectivity index (χ1) is 16.4. The molecular formula is C25H20ClN3O5. The molecule has 0 aliphatic carbocycles. The van der Waals surface area contributed by atoms with Crippen LogP contribution in [0, 0.1) is 0 Å². The van der Waals surface area contributed by atoms with Gasteiger partial charge in [-0.1, -0.05) is 48.0 Å². The molecule has 34 heavy (non-hydrogen) atoms. The van der Waals surface area contributed by atoms with E-state index in [1.165, 1.54) is 0 Å². The van der Waals surface area contributed by atoms with Crippen molar-refractivity contribution in [2.45, 2.75) is 12.5 Å². The van der Waals surface area contributed by atoms with Crippen molar-refractivity contribution in [1.82, 2.24) is 10.4 Å². The molecule has 1 saturated heterocycles.